The number of carboxylic acids is 1. The number of carboxylic acid groups (broad SMARTS) is 1. The van der Waals surface area contributed by atoms with Crippen LogP contribution in [0.3, 0.4) is 0 Å². The molecule has 1 aromatic heterocycles. The van der Waals surface area contributed by atoms with Crippen molar-refractivity contribution < 1.29 is 14.6 Å². The molecular weight excluding hydrogens is 263 g/mol. The Kier molecular flexibility index (Phi) is 2.32. The van der Waals surface area contributed by atoms with Crippen molar-refractivity contribution in [1.82, 2.24) is 10.2 Å². The van der Waals surface area contributed by atoms with E-state index in [0.29, 0.717) is 9.45 Å². The fourth-order valence-corrected chi connectivity index (χ4v) is 1.28. The van der Waals surface area contributed by atoms with E-state index < -0.39 is 5.97 Å². The number of H-pyrrole nitrogens is 1. The van der Waals surface area contributed by atoms with E-state index in [1.165, 1.54) is 7.11 Å². The van der Waals surface area contributed by atoms with E-state index in [4.69, 9.17) is 9.84 Å². The van der Waals surface area contributed by atoms with Crippen LogP contribution in [-0.4, -0.2) is 28.4 Å². The Hall–Kier alpha value is -0.790. The number of aromatic carboxylic acids is 1. The van der Waals surface area contributed by atoms with Gasteiger partial charge >= 0.3 is 5.97 Å². The van der Waals surface area contributed by atoms with Gasteiger partial charge in [-0.3, -0.25) is 5.10 Å². The van der Waals surface area contributed by atoms with Crippen LogP contribution in [0.25, 0.3) is 0 Å². The third kappa shape index (κ3) is 1.44. The van der Waals surface area contributed by atoms with Crippen LogP contribution in [0.1, 0.15) is 10.5 Å². The summed E-state index contributed by atoms with van der Waals surface area (Å²) in [6.07, 6.45) is 0. The van der Waals surface area contributed by atoms with Gasteiger partial charge in [0.05, 0.1) is 7.11 Å². The predicted octanol–water partition coefficient (Wildman–Crippen LogP) is 0.721. The molecule has 1 heterocycles. The lowest BCUT2D eigenvalue weighted by Crippen LogP contribution is -1.98. The number of methoxy groups -OCH3 is 1. The van der Waals surface area contributed by atoms with Crippen molar-refractivity contribution in [2.24, 2.45) is 0 Å². The second-order valence-corrected chi connectivity index (χ2v) is 2.81. The molecule has 6 heteroatoms. The second-order valence-electron chi connectivity index (χ2n) is 1.73. The molecule has 5 nitrogen and oxygen atoms in total. The van der Waals surface area contributed by atoms with Crippen molar-refractivity contribution in [3.05, 3.63) is 9.26 Å². The number of carbonyl (C=O) groups is 1. The van der Waals surface area contributed by atoms with E-state index in [9.17, 15) is 4.79 Å². The first-order valence-electron chi connectivity index (χ1n) is 2.68. The van der Waals surface area contributed by atoms with Crippen LogP contribution in [0, 0.1) is 3.57 Å². The first-order chi connectivity index (χ1) is 5.16. The smallest absolute Gasteiger partial charge is 0.355 e. The molecule has 0 radical (unpaired) electrons. The number of hydrogen-bond donors (Lipinski definition) is 2. The number of halogens is 1. The molecule has 0 saturated carbocycles. The lowest BCUT2D eigenvalue weighted by Gasteiger charge is -1.91. The van der Waals surface area contributed by atoms with E-state index in [2.05, 4.69) is 10.2 Å². The van der Waals surface area contributed by atoms with Crippen LogP contribution in [-0.2, 0) is 0 Å². The van der Waals surface area contributed by atoms with E-state index in [0.717, 1.165) is 0 Å². The summed E-state index contributed by atoms with van der Waals surface area (Å²) in [5.41, 5.74) is 0.0578. The molecule has 0 aliphatic heterocycles. The van der Waals surface area contributed by atoms with Crippen molar-refractivity contribution in [2.45, 2.75) is 0 Å². The van der Waals surface area contributed by atoms with Crippen LogP contribution in [0.4, 0.5) is 0 Å². The lowest BCUT2D eigenvalue weighted by atomic mass is 10.4. The van der Waals surface area contributed by atoms with Gasteiger partial charge in [-0.15, -0.1) is 5.10 Å². The maximum atomic E-state index is 10.4. The Bertz CT molecular complexity index is 283. The minimum absolute atomic E-state index is 0.0578. The van der Waals surface area contributed by atoms with Crippen LogP contribution < -0.4 is 4.74 Å². The molecule has 0 atom stereocenters. The summed E-state index contributed by atoms with van der Waals surface area (Å²) in [4.78, 5) is 10.4. The Morgan fingerprint density at radius 1 is 1.82 bits per heavy atom. The van der Waals surface area contributed by atoms with Gasteiger partial charge in [0.25, 0.3) is 0 Å². The number of nitrogens with zero attached hydrogens (tertiary/aromatic N) is 1. The summed E-state index contributed by atoms with van der Waals surface area (Å²) in [5, 5.41) is 14.5. The molecule has 0 aliphatic rings. The number of rotatable bonds is 2. The SMILES string of the molecule is COc1n[nH]c(C(=O)O)c1I. The molecule has 0 amide bonds. The molecule has 1 aromatic rings. The van der Waals surface area contributed by atoms with Crippen molar-refractivity contribution in [3.63, 3.8) is 0 Å². The largest absolute Gasteiger partial charge is 0.479 e. The van der Waals surface area contributed by atoms with Gasteiger partial charge in [-0.25, -0.2) is 4.79 Å². The highest BCUT2D eigenvalue weighted by Gasteiger charge is 2.15. The first-order valence-corrected chi connectivity index (χ1v) is 3.76. The third-order valence-corrected chi connectivity index (χ3v) is 2.08. The summed E-state index contributed by atoms with van der Waals surface area (Å²) < 4.78 is 5.25. The Balaban J connectivity index is 3.10. The lowest BCUT2D eigenvalue weighted by molar-refractivity contribution is 0.0689. The number of aromatic amines is 1. The maximum absolute atomic E-state index is 10.4. The molecule has 0 saturated heterocycles. The monoisotopic (exact) mass is 268 g/mol. The molecule has 0 bridgehead atoms. The van der Waals surface area contributed by atoms with Gasteiger partial charge in [0.1, 0.15) is 3.57 Å². The van der Waals surface area contributed by atoms with E-state index in [-0.39, 0.29) is 5.69 Å². The molecule has 60 valence electrons. The van der Waals surface area contributed by atoms with Gasteiger partial charge in [-0.2, -0.15) is 0 Å². The van der Waals surface area contributed by atoms with Crippen LogP contribution >= 0.6 is 22.6 Å². The Labute approximate surface area is 75.9 Å². The topological polar surface area (TPSA) is 75.2 Å². The summed E-state index contributed by atoms with van der Waals surface area (Å²) in [5.74, 6) is -0.729. The van der Waals surface area contributed by atoms with Gasteiger partial charge in [-0.05, 0) is 22.6 Å². The van der Waals surface area contributed by atoms with Crippen LogP contribution in [0.5, 0.6) is 5.88 Å². The third-order valence-electron chi connectivity index (χ3n) is 1.08. The highest BCUT2D eigenvalue weighted by molar-refractivity contribution is 14.1. The fraction of sp³-hybridized carbons (Fsp3) is 0.200. The molecule has 0 aromatic carbocycles. The molecule has 2 N–H and O–H groups in total. The molecular formula is C5H5IN2O3. The number of aromatic nitrogens is 2. The molecule has 0 fully saturated rings. The van der Waals surface area contributed by atoms with Gasteiger partial charge in [0.15, 0.2) is 5.69 Å². The van der Waals surface area contributed by atoms with Gasteiger partial charge in [0.2, 0.25) is 5.88 Å². The number of nitrogens with one attached hydrogen (secondary N) is 1. The van der Waals surface area contributed by atoms with E-state index >= 15 is 0 Å². The van der Waals surface area contributed by atoms with Gasteiger partial charge in [-0.1, -0.05) is 0 Å². The summed E-state index contributed by atoms with van der Waals surface area (Å²) in [7, 11) is 1.43. The zero-order valence-corrected chi connectivity index (χ0v) is 7.75. The highest BCUT2D eigenvalue weighted by Crippen LogP contribution is 2.20. The van der Waals surface area contributed by atoms with Crippen LogP contribution in [0.15, 0.2) is 0 Å². The van der Waals surface area contributed by atoms with Crippen molar-refractivity contribution in [3.8, 4) is 5.88 Å². The second kappa shape index (κ2) is 3.07. The maximum Gasteiger partial charge on any atom is 0.355 e. The number of ether oxygens (including phenoxy) is 1. The zero-order valence-electron chi connectivity index (χ0n) is 5.59. The quantitative estimate of drug-likeness (QED) is 0.775. The van der Waals surface area contributed by atoms with E-state index in [1.807, 2.05) is 22.6 Å². The Morgan fingerprint density at radius 2 is 2.45 bits per heavy atom. The summed E-state index contributed by atoms with van der Waals surface area (Å²) in [6.45, 7) is 0. The van der Waals surface area contributed by atoms with Crippen LogP contribution in [0.2, 0.25) is 0 Å². The standard InChI is InChI=1S/C5H5IN2O3/c1-11-4-2(6)3(5(9)10)7-8-4/h1H3,(H,7,8)(H,9,10). The zero-order chi connectivity index (χ0) is 8.43. The van der Waals surface area contributed by atoms with Gasteiger partial charge in [0, 0.05) is 0 Å². The van der Waals surface area contributed by atoms with Crippen molar-refractivity contribution in [1.29, 1.82) is 0 Å². The normalized spacial score (nSPS) is 9.64. The number of hydrogen-bond acceptors (Lipinski definition) is 3. The minimum Gasteiger partial charge on any atom is -0.479 e. The average molecular weight is 268 g/mol. The fourth-order valence-electron chi connectivity index (χ4n) is 0.589. The van der Waals surface area contributed by atoms with Crippen molar-refractivity contribution >= 4 is 28.6 Å². The molecule has 0 spiro atoms. The Morgan fingerprint density at radius 3 is 2.73 bits per heavy atom. The first kappa shape index (κ1) is 8.31. The molecule has 0 aliphatic carbocycles. The highest BCUT2D eigenvalue weighted by atomic mass is 127. The molecule has 0 unspecified atom stereocenters. The predicted molar refractivity (Wildman–Crippen MR) is 44.8 cm³/mol. The molecule has 1 rings (SSSR count). The summed E-state index contributed by atoms with van der Waals surface area (Å²) >= 11 is 1.85. The van der Waals surface area contributed by atoms with Crippen molar-refractivity contribution in [2.75, 3.05) is 7.11 Å². The molecule has 11 heavy (non-hydrogen) atoms. The summed E-state index contributed by atoms with van der Waals surface area (Å²) in [6, 6.07) is 0. The minimum atomic E-state index is -1.04. The van der Waals surface area contributed by atoms with Gasteiger partial charge < -0.3 is 9.84 Å². The van der Waals surface area contributed by atoms with E-state index in [1.54, 1.807) is 0 Å². The average Bonchev–Trinajstić information content (AvgIpc) is 2.30.